The van der Waals surface area contributed by atoms with E-state index >= 15 is 0 Å². The first-order chi connectivity index (χ1) is 7.88. The van der Waals surface area contributed by atoms with Crippen LogP contribution >= 0.6 is 12.2 Å². The van der Waals surface area contributed by atoms with Crippen LogP contribution in [0.2, 0.25) is 0 Å². The molecule has 0 aliphatic carbocycles. The molecule has 1 heterocycles. The number of halogens is 4. The first-order valence-corrected chi connectivity index (χ1v) is 4.93. The molecule has 0 radical (unpaired) electrons. The third-order valence-electron chi connectivity index (χ3n) is 2.18. The summed E-state index contributed by atoms with van der Waals surface area (Å²) in [7, 11) is 0. The van der Waals surface area contributed by atoms with E-state index in [1.165, 1.54) is 12.3 Å². The summed E-state index contributed by atoms with van der Waals surface area (Å²) in [5, 5.41) is 0. The first-order valence-electron chi connectivity index (χ1n) is 4.53. The third kappa shape index (κ3) is 2.38. The number of rotatable bonds is 1. The van der Waals surface area contributed by atoms with Crippen LogP contribution in [0.4, 0.5) is 17.6 Å². The minimum atomic E-state index is -4.69. The highest BCUT2D eigenvalue weighted by atomic mass is 32.1. The molecule has 0 amide bonds. The zero-order valence-corrected chi connectivity index (χ0v) is 9.05. The molecule has 17 heavy (non-hydrogen) atoms. The fourth-order valence-corrected chi connectivity index (χ4v) is 1.57. The number of benzene rings is 1. The van der Waals surface area contributed by atoms with E-state index in [2.05, 4.69) is 9.97 Å². The standard InChI is InChI=1S/C10H6F4N2S/c11-7-3-5(8-4-15-9(17)16-8)1-2-6(7)10(12,13)14/h1-4H,(H2,15,16,17). The molecule has 0 aliphatic rings. The van der Waals surface area contributed by atoms with E-state index in [0.29, 0.717) is 22.1 Å². The van der Waals surface area contributed by atoms with E-state index in [9.17, 15) is 17.6 Å². The Morgan fingerprint density at radius 3 is 2.35 bits per heavy atom. The van der Waals surface area contributed by atoms with Gasteiger partial charge >= 0.3 is 6.18 Å². The molecule has 2 rings (SSSR count). The van der Waals surface area contributed by atoms with Crippen molar-refractivity contribution in [3.8, 4) is 11.3 Å². The molecule has 7 heteroatoms. The summed E-state index contributed by atoms with van der Waals surface area (Å²) in [6.45, 7) is 0. The van der Waals surface area contributed by atoms with E-state index in [-0.39, 0.29) is 0 Å². The van der Waals surface area contributed by atoms with Crippen molar-refractivity contribution in [1.29, 1.82) is 0 Å². The molecule has 90 valence electrons. The zero-order chi connectivity index (χ0) is 12.6. The molecule has 0 atom stereocenters. The Hall–Kier alpha value is -1.63. The minimum absolute atomic E-state index is 0.294. The van der Waals surface area contributed by atoms with Crippen LogP contribution in [0.3, 0.4) is 0 Å². The summed E-state index contributed by atoms with van der Waals surface area (Å²) in [6.07, 6.45) is -3.22. The highest BCUT2D eigenvalue weighted by Gasteiger charge is 2.33. The van der Waals surface area contributed by atoms with Crippen molar-refractivity contribution in [2.45, 2.75) is 6.18 Å². The molecule has 0 spiro atoms. The van der Waals surface area contributed by atoms with Gasteiger partial charge in [0.1, 0.15) is 5.82 Å². The van der Waals surface area contributed by atoms with E-state index in [1.54, 1.807) is 0 Å². The molecule has 0 unspecified atom stereocenters. The topological polar surface area (TPSA) is 31.6 Å². The van der Waals surface area contributed by atoms with Gasteiger partial charge in [0.2, 0.25) is 0 Å². The lowest BCUT2D eigenvalue weighted by molar-refractivity contribution is -0.139. The average Bonchev–Trinajstić information content (AvgIpc) is 2.62. The molecule has 0 bridgehead atoms. The zero-order valence-electron chi connectivity index (χ0n) is 8.23. The van der Waals surface area contributed by atoms with Gasteiger partial charge in [-0.15, -0.1) is 0 Å². The highest BCUT2D eigenvalue weighted by Crippen LogP contribution is 2.32. The van der Waals surface area contributed by atoms with Gasteiger partial charge in [0, 0.05) is 11.8 Å². The van der Waals surface area contributed by atoms with Gasteiger partial charge in [-0.05, 0) is 24.4 Å². The van der Waals surface area contributed by atoms with Crippen LogP contribution in [0.1, 0.15) is 5.56 Å². The summed E-state index contributed by atoms with van der Waals surface area (Å²) in [5.74, 6) is -1.31. The Morgan fingerprint density at radius 2 is 1.88 bits per heavy atom. The van der Waals surface area contributed by atoms with Crippen LogP contribution in [0, 0.1) is 10.6 Å². The number of aromatic nitrogens is 2. The lowest BCUT2D eigenvalue weighted by atomic mass is 10.1. The maximum absolute atomic E-state index is 13.3. The van der Waals surface area contributed by atoms with Gasteiger partial charge < -0.3 is 9.97 Å². The molecular weight excluding hydrogens is 256 g/mol. The maximum atomic E-state index is 13.3. The lowest BCUT2D eigenvalue weighted by Gasteiger charge is -2.08. The van der Waals surface area contributed by atoms with E-state index < -0.39 is 17.6 Å². The summed E-state index contributed by atoms with van der Waals surface area (Å²) >= 11 is 4.77. The summed E-state index contributed by atoms with van der Waals surface area (Å²) < 4.78 is 50.5. The Kier molecular flexibility index (Phi) is 2.78. The Labute approximate surface area is 98.3 Å². The van der Waals surface area contributed by atoms with Gasteiger partial charge in [-0.3, -0.25) is 0 Å². The molecule has 1 aromatic carbocycles. The molecule has 0 saturated carbocycles. The van der Waals surface area contributed by atoms with Gasteiger partial charge in [-0.25, -0.2) is 4.39 Å². The monoisotopic (exact) mass is 262 g/mol. The van der Waals surface area contributed by atoms with Crippen molar-refractivity contribution >= 4 is 12.2 Å². The van der Waals surface area contributed by atoms with Crippen LogP contribution in [0.25, 0.3) is 11.3 Å². The van der Waals surface area contributed by atoms with Gasteiger partial charge in [0.25, 0.3) is 0 Å². The molecule has 1 aromatic heterocycles. The molecule has 2 N–H and O–H groups in total. The molecule has 0 aliphatic heterocycles. The Balaban J connectivity index is 2.48. The number of imidazole rings is 1. The lowest BCUT2D eigenvalue weighted by Crippen LogP contribution is -2.07. The van der Waals surface area contributed by atoms with Crippen molar-refractivity contribution < 1.29 is 17.6 Å². The Morgan fingerprint density at radius 1 is 1.18 bits per heavy atom. The van der Waals surface area contributed by atoms with Crippen LogP contribution in [-0.4, -0.2) is 9.97 Å². The largest absolute Gasteiger partial charge is 0.419 e. The van der Waals surface area contributed by atoms with Crippen molar-refractivity contribution in [3.63, 3.8) is 0 Å². The number of hydrogen-bond donors (Lipinski definition) is 2. The second kappa shape index (κ2) is 3.99. The van der Waals surface area contributed by atoms with E-state index in [0.717, 1.165) is 6.07 Å². The van der Waals surface area contributed by atoms with Gasteiger partial charge in [0.15, 0.2) is 4.77 Å². The van der Waals surface area contributed by atoms with Crippen molar-refractivity contribution in [3.05, 3.63) is 40.5 Å². The van der Waals surface area contributed by atoms with Crippen LogP contribution in [0.15, 0.2) is 24.4 Å². The van der Waals surface area contributed by atoms with Crippen LogP contribution in [-0.2, 0) is 6.18 Å². The number of H-pyrrole nitrogens is 2. The number of hydrogen-bond acceptors (Lipinski definition) is 1. The molecular formula is C10H6F4N2S. The predicted octanol–water partition coefficient (Wildman–Crippen LogP) is 3.90. The molecule has 2 aromatic rings. The highest BCUT2D eigenvalue weighted by molar-refractivity contribution is 7.71. The third-order valence-corrected chi connectivity index (χ3v) is 2.40. The summed E-state index contributed by atoms with van der Waals surface area (Å²) in [4.78, 5) is 5.34. The average molecular weight is 262 g/mol. The van der Waals surface area contributed by atoms with E-state index in [1.807, 2.05) is 0 Å². The SMILES string of the molecule is Fc1cc(-c2c[nH]c(=S)[nH]2)ccc1C(F)(F)F. The van der Waals surface area contributed by atoms with Crippen molar-refractivity contribution in [2.24, 2.45) is 0 Å². The normalized spacial score (nSPS) is 11.8. The van der Waals surface area contributed by atoms with Gasteiger partial charge in [-0.2, -0.15) is 13.2 Å². The van der Waals surface area contributed by atoms with Crippen molar-refractivity contribution in [1.82, 2.24) is 9.97 Å². The number of nitrogens with one attached hydrogen (secondary N) is 2. The fraction of sp³-hybridized carbons (Fsp3) is 0.100. The maximum Gasteiger partial charge on any atom is 0.419 e. The van der Waals surface area contributed by atoms with Gasteiger partial charge in [-0.1, -0.05) is 6.07 Å². The predicted molar refractivity (Wildman–Crippen MR) is 56.4 cm³/mol. The van der Waals surface area contributed by atoms with E-state index in [4.69, 9.17) is 12.2 Å². The molecule has 0 saturated heterocycles. The quantitative estimate of drug-likeness (QED) is 0.593. The molecule has 2 nitrogen and oxygen atoms in total. The summed E-state index contributed by atoms with van der Waals surface area (Å²) in [5.41, 5.74) is -0.555. The van der Waals surface area contributed by atoms with Gasteiger partial charge in [0.05, 0.1) is 11.3 Å². The number of aromatic amines is 2. The minimum Gasteiger partial charge on any atom is -0.337 e. The second-order valence-corrected chi connectivity index (χ2v) is 3.76. The second-order valence-electron chi connectivity index (χ2n) is 3.35. The van der Waals surface area contributed by atoms with Crippen LogP contribution in [0.5, 0.6) is 0 Å². The molecule has 0 fully saturated rings. The number of alkyl halides is 3. The van der Waals surface area contributed by atoms with Crippen LogP contribution < -0.4 is 0 Å². The smallest absolute Gasteiger partial charge is 0.337 e. The summed E-state index contributed by atoms with van der Waals surface area (Å²) in [6, 6.07) is 2.70. The van der Waals surface area contributed by atoms with Crippen molar-refractivity contribution in [2.75, 3.05) is 0 Å². The Bertz CT molecular complexity index is 597. The first kappa shape index (κ1) is 11.8. The fourth-order valence-electron chi connectivity index (χ4n) is 1.40.